The fourth-order valence-corrected chi connectivity index (χ4v) is 6.10. The van der Waals surface area contributed by atoms with E-state index in [0.717, 1.165) is 68.0 Å². The summed E-state index contributed by atoms with van der Waals surface area (Å²) >= 11 is 7.07. The standard InChI is InChI=1S/C27H33N3O4S2/c1-4-34-21-8-6-5-7-20(21)9-10-22(31)29-14-11-27(12-15-29)13-16-30(18-27)26(35)28-23-19(2)17-36-24(23)25(32)33-3/h5-10,17H,4,11-16,18H2,1-3H3,(H,28,35)/b10-9+. The molecule has 0 saturated carbocycles. The van der Waals surface area contributed by atoms with E-state index in [9.17, 15) is 9.59 Å². The summed E-state index contributed by atoms with van der Waals surface area (Å²) in [5, 5.41) is 5.86. The molecule has 192 valence electrons. The summed E-state index contributed by atoms with van der Waals surface area (Å²) in [6, 6.07) is 7.74. The fraction of sp³-hybridized carbons (Fsp3) is 0.444. The first-order valence-electron chi connectivity index (χ1n) is 12.3. The highest BCUT2D eigenvalue weighted by Gasteiger charge is 2.42. The second-order valence-electron chi connectivity index (χ2n) is 9.35. The van der Waals surface area contributed by atoms with Crippen LogP contribution in [-0.4, -0.2) is 66.7 Å². The van der Waals surface area contributed by atoms with Crippen LogP contribution in [-0.2, 0) is 9.53 Å². The molecule has 4 rings (SSSR count). The molecule has 1 amide bonds. The molecular formula is C27H33N3O4S2. The van der Waals surface area contributed by atoms with Gasteiger partial charge in [0.1, 0.15) is 10.6 Å². The highest BCUT2D eigenvalue weighted by molar-refractivity contribution is 7.80. The minimum absolute atomic E-state index is 0.0338. The zero-order valence-electron chi connectivity index (χ0n) is 21.0. The maximum Gasteiger partial charge on any atom is 0.350 e. The predicted octanol–water partition coefficient (Wildman–Crippen LogP) is 4.97. The number of benzene rings is 1. The summed E-state index contributed by atoms with van der Waals surface area (Å²) in [6.45, 7) is 7.68. The van der Waals surface area contributed by atoms with E-state index in [0.29, 0.717) is 16.6 Å². The first-order chi connectivity index (χ1) is 17.4. The van der Waals surface area contributed by atoms with Gasteiger partial charge in [0, 0.05) is 37.8 Å². The normalized spacial score (nSPS) is 17.0. The van der Waals surface area contributed by atoms with Crippen molar-refractivity contribution in [1.29, 1.82) is 0 Å². The molecule has 2 fully saturated rings. The Bertz CT molecular complexity index is 1150. The number of esters is 1. The van der Waals surface area contributed by atoms with Crippen LogP contribution in [0, 0.1) is 12.3 Å². The number of carbonyl (C=O) groups is 2. The summed E-state index contributed by atoms with van der Waals surface area (Å²) in [7, 11) is 1.39. The third-order valence-corrected chi connectivity index (χ3v) is 8.50. The van der Waals surface area contributed by atoms with Gasteiger partial charge in [0.2, 0.25) is 5.91 Å². The number of ether oxygens (including phenoxy) is 2. The molecule has 0 bridgehead atoms. The van der Waals surface area contributed by atoms with Crippen LogP contribution >= 0.6 is 23.6 Å². The number of aryl methyl sites for hydroxylation is 1. The van der Waals surface area contributed by atoms with Crippen molar-refractivity contribution >= 4 is 52.3 Å². The van der Waals surface area contributed by atoms with Crippen LogP contribution in [0.4, 0.5) is 5.69 Å². The summed E-state index contributed by atoms with van der Waals surface area (Å²) < 4.78 is 10.6. The van der Waals surface area contributed by atoms with E-state index in [2.05, 4.69) is 10.2 Å². The molecule has 36 heavy (non-hydrogen) atoms. The van der Waals surface area contributed by atoms with Crippen LogP contribution in [0.3, 0.4) is 0 Å². The second-order valence-corrected chi connectivity index (χ2v) is 10.6. The second kappa shape index (κ2) is 11.4. The number of carbonyl (C=O) groups excluding carboxylic acids is 2. The average molecular weight is 528 g/mol. The maximum atomic E-state index is 12.9. The van der Waals surface area contributed by atoms with Crippen molar-refractivity contribution in [3.8, 4) is 5.75 Å². The van der Waals surface area contributed by atoms with Crippen LogP contribution < -0.4 is 10.1 Å². The van der Waals surface area contributed by atoms with Gasteiger partial charge in [0.15, 0.2) is 5.11 Å². The number of para-hydroxylation sites is 1. The topological polar surface area (TPSA) is 71.1 Å². The predicted molar refractivity (Wildman–Crippen MR) is 148 cm³/mol. The van der Waals surface area contributed by atoms with Gasteiger partial charge < -0.3 is 24.6 Å². The summed E-state index contributed by atoms with van der Waals surface area (Å²) in [4.78, 5) is 29.6. The molecule has 1 aromatic heterocycles. The molecule has 2 saturated heterocycles. The lowest BCUT2D eigenvalue weighted by Gasteiger charge is -2.39. The van der Waals surface area contributed by atoms with Crippen LogP contribution in [0.25, 0.3) is 6.08 Å². The Kier molecular flexibility index (Phi) is 8.31. The molecule has 2 aliphatic rings. The monoisotopic (exact) mass is 527 g/mol. The van der Waals surface area contributed by atoms with Gasteiger partial charge in [-0.25, -0.2) is 4.79 Å². The van der Waals surface area contributed by atoms with Crippen molar-refractivity contribution < 1.29 is 19.1 Å². The number of hydrogen-bond acceptors (Lipinski definition) is 6. The number of amides is 1. The number of anilines is 1. The number of piperidine rings is 1. The van der Waals surface area contributed by atoms with Gasteiger partial charge in [-0.3, -0.25) is 4.79 Å². The van der Waals surface area contributed by atoms with Crippen LogP contribution in [0.1, 0.15) is 47.0 Å². The van der Waals surface area contributed by atoms with Crippen molar-refractivity contribution in [3.05, 3.63) is 51.7 Å². The quantitative estimate of drug-likeness (QED) is 0.323. The average Bonchev–Trinajstić information content (AvgIpc) is 3.47. The third-order valence-electron chi connectivity index (χ3n) is 7.06. The molecule has 1 spiro atoms. The third kappa shape index (κ3) is 5.73. The Labute approximate surface area is 222 Å². The highest BCUT2D eigenvalue weighted by atomic mass is 32.1. The van der Waals surface area contributed by atoms with Crippen LogP contribution in [0.15, 0.2) is 35.7 Å². The fourth-order valence-electron chi connectivity index (χ4n) is 4.92. The number of nitrogens with one attached hydrogen (secondary N) is 1. The Balaban J connectivity index is 1.32. The summed E-state index contributed by atoms with van der Waals surface area (Å²) in [6.07, 6.45) is 6.44. The summed E-state index contributed by atoms with van der Waals surface area (Å²) in [5.41, 5.74) is 2.77. The van der Waals surface area contributed by atoms with Gasteiger partial charge >= 0.3 is 5.97 Å². The SMILES string of the molecule is CCOc1ccccc1/C=C/C(=O)N1CCC2(CC1)CCN(C(=S)Nc1c(C)csc1C(=O)OC)C2. The zero-order chi connectivity index (χ0) is 25.7. The molecule has 9 heteroatoms. The first kappa shape index (κ1) is 26.2. The van der Waals surface area contributed by atoms with Gasteiger partial charge in [0.05, 0.1) is 19.4 Å². The first-order valence-corrected chi connectivity index (χ1v) is 13.6. The van der Waals surface area contributed by atoms with E-state index in [1.165, 1.54) is 18.4 Å². The van der Waals surface area contributed by atoms with E-state index in [1.54, 1.807) is 6.08 Å². The van der Waals surface area contributed by atoms with E-state index >= 15 is 0 Å². The highest BCUT2D eigenvalue weighted by Crippen LogP contribution is 2.41. The molecule has 1 aromatic carbocycles. The number of rotatable bonds is 6. The lowest BCUT2D eigenvalue weighted by atomic mass is 9.78. The van der Waals surface area contributed by atoms with Gasteiger partial charge in [-0.1, -0.05) is 18.2 Å². The Hall–Kier alpha value is -2.91. The van der Waals surface area contributed by atoms with Crippen molar-refractivity contribution in [2.45, 2.75) is 33.1 Å². The lowest BCUT2D eigenvalue weighted by Crippen LogP contribution is -2.44. The number of methoxy groups -OCH3 is 1. The maximum absolute atomic E-state index is 12.9. The molecule has 0 aliphatic carbocycles. The molecule has 7 nitrogen and oxygen atoms in total. The van der Waals surface area contributed by atoms with Crippen molar-refractivity contribution in [2.75, 3.05) is 45.2 Å². The number of thiocarbonyl (C=S) groups is 1. The van der Waals surface area contributed by atoms with Crippen LogP contribution in [0.2, 0.25) is 0 Å². The largest absolute Gasteiger partial charge is 0.493 e. The minimum Gasteiger partial charge on any atom is -0.493 e. The lowest BCUT2D eigenvalue weighted by molar-refractivity contribution is -0.128. The molecule has 2 aromatic rings. The van der Waals surface area contributed by atoms with Gasteiger partial charge in [-0.05, 0) is 73.8 Å². The summed E-state index contributed by atoms with van der Waals surface area (Å²) in [5.74, 6) is 0.462. The number of hydrogen-bond donors (Lipinski definition) is 1. The number of nitrogens with zero attached hydrogens (tertiary/aromatic N) is 2. The Morgan fingerprint density at radius 1 is 1.17 bits per heavy atom. The van der Waals surface area contributed by atoms with Crippen molar-refractivity contribution in [1.82, 2.24) is 9.80 Å². The van der Waals surface area contributed by atoms with E-state index in [-0.39, 0.29) is 17.3 Å². The zero-order valence-corrected chi connectivity index (χ0v) is 22.7. The van der Waals surface area contributed by atoms with Crippen LogP contribution in [0.5, 0.6) is 5.75 Å². The van der Waals surface area contributed by atoms with Crippen molar-refractivity contribution in [2.24, 2.45) is 5.41 Å². The Morgan fingerprint density at radius 3 is 2.56 bits per heavy atom. The van der Waals surface area contributed by atoms with Gasteiger partial charge in [-0.15, -0.1) is 11.3 Å². The molecule has 1 N–H and O–H groups in total. The minimum atomic E-state index is -0.358. The van der Waals surface area contributed by atoms with E-state index in [1.807, 2.05) is 54.5 Å². The molecule has 0 radical (unpaired) electrons. The molecule has 0 unspecified atom stereocenters. The van der Waals surface area contributed by atoms with Gasteiger partial charge in [0.25, 0.3) is 0 Å². The Morgan fingerprint density at radius 2 is 1.86 bits per heavy atom. The molecule has 3 heterocycles. The van der Waals surface area contributed by atoms with E-state index in [4.69, 9.17) is 21.7 Å². The smallest absolute Gasteiger partial charge is 0.350 e. The molecular weight excluding hydrogens is 494 g/mol. The van der Waals surface area contributed by atoms with E-state index < -0.39 is 0 Å². The molecule has 2 aliphatic heterocycles. The number of likely N-dealkylation sites (tertiary alicyclic amines) is 2. The van der Waals surface area contributed by atoms with Crippen molar-refractivity contribution in [3.63, 3.8) is 0 Å². The molecule has 0 atom stereocenters. The van der Waals surface area contributed by atoms with Gasteiger partial charge in [-0.2, -0.15) is 0 Å². The number of thiophene rings is 1.